The third-order valence-electron chi connectivity index (χ3n) is 5.31. The molecule has 1 fully saturated rings. The van der Waals surface area contributed by atoms with Crippen LogP contribution in [0.25, 0.3) is 0 Å². The number of alkyl halides is 3. The van der Waals surface area contributed by atoms with E-state index < -0.39 is 23.8 Å². The number of anilines is 1. The van der Waals surface area contributed by atoms with Crippen LogP contribution < -0.4 is 4.90 Å². The number of hydrogen-bond acceptors (Lipinski definition) is 6. The van der Waals surface area contributed by atoms with E-state index in [2.05, 4.69) is 9.97 Å². The predicted molar refractivity (Wildman–Crippen MR) is 104 cm³/mol. The van der Waals surface area contributed by atoms with E-state index in [0.29, 0.717) is 25.9 Å². The maximum atomic E-state index is 12.7. The van der Waals surface area contributed by atoms with Gasteiger partial charge in [-0.3, -0.25) is 0 Å². The van der Waals surface area contributed by atoms with Gasteiger partial charge in [0, 0.05) is 32.6 Å². The highest BCUT2D eigenvalue weighted by molar-refractivity contribution is 5.76. The average Bonchev–Trinajstić information content (AvgIpc) is 2.74. The maximum Gasteiger partial charge on any atom is 0.419 e. The van der Waals surface area contributed by atoms with E-state index in [-0.39, 0.29) is 18.0 Å². The van der Waals surface area contributed by atoms with Crippen LogP contribution in [0.5, 0.6) is 0 Å². The van der Waals surface area contributed by atoms with E-state index in [1.807, 2.05) is 42.2 Å². The molecule has 1 aromatic carbocycles. The number of aromatic nitrogens is 2. The van der Waals surface area contributed by atoms with Crippen LogP contribution in [0.3, 0.4) is 0 Å². The maximum absolute atomic E-state index is 12.7. The minimum atomic E-state index is -4.45. The highest BCUT2D eigenvalue weighted by Crippen LogP contribution is 2.30. The third kappa shape index (κ3) is 5.27. The molecule has 9 heteroatoms. The Hall–Kier alpha value is -2.68. The fraction of sp³-hybridized carbons (Fsp3) is 0.476. The highest BCUT2D eigenvalue weighted by atomic mass is 19.4. The summed E-state index contributed by atoms with van der Waals surface area (Å²) in [6.45, 7) is 3.00. The zero-order valence-electron chi connectivity index (χ0n) is 16.8. The van der Waals surface area contributed by atoms with E-state index in [0.717, 1.165) is 18.0 Å². The minimum Gasteiger partial charge on any atom is -0.460 e. The molecule has 3 rings (SSSR count). The molecular weight excluding hydrogens is 399 g/mol. The second-order valence-electron chi connectivity index (χ2n) is 7.26. The predicted octanol–water partition coefficient (Wildman–Crippen LogP) is 4.03. The number of nitrogens with zero attached hydrogens (tertiary/aromatic N) is 3. The van der Waals surface area contributed by atoms with E-state index in [9.17, 15) is 18.0 Å². The number of carbonyl (C=O) groups excluding carboxylic acids is 1. The third-order valence-corrected chi connectivity index (χ3v) is 5.31. The number of esters is 1. The Kier molecular flexibility index (Phi) is 6.91. The van der Waals surface area contributed by atoms with E-state index >= 15 is 0 Å². The molecule has 0 bridgehead atoms. The van der Waals surface area contributed by atoms with Gasteiger partial charge in [-0.05, 0) is 31.2 Å². The molecule has 30 heavy (non-hydrogen) atoms. The molecule has 2 atom stereocenters. The number of piperidine rings is 1. The van der Waals surface area contributed by atoms with Crippen LogP contribution in [0.4, 0.5) is 19.1 Å². The van der Waals surface area contributed by atoms with Gasteiger partial charge in [0.2, 0.25) is 5.95 Å². The second-order valence-corrected chi connectivity index (χ2v) is 7.26. The molecule has 1 aromatic heterocycles. The lowest BCUT2D eigenvalue weighted by molar-refractivity contribution is -0.163. The molecule has 2 aromatic rings. The molecule has 0 N–H and O–H groups in total. The molecule has 2 heterocycles. The summed E-state index contributed by atoms with van der Waals surface area (Å²) in [5.41, 5.74) is -0.140. The summed E-state index contributed by atoms with van der Waals surface area (Å²) < 4.78 is 48.9. The van der Waals surface area contributed by atoms with Crippen LogP contribution >= 0.6 is 0 Å². The number of rotatable bonds is 6. The van der Waals surface area contributed by atoms with Crippen molar-refractivity contribution in [3.63, 3.8) is 0 Å². The Labute approximate surface area is 173 Å². The number of carbonyl (C=O) groups is 1. The highest BCUT2D eigenvalue weighted by Gasteiger charge is 2.33. The van der Waals surface area contributed by atoms with Gasteiger partial charge in [0.05, 0.1) is 5.56 Å². The van der Waals surface area contributed by atoms with Gasteiger partial charge in [-0.2, -0.15) is 13.2 Å². The number of hydrogen-bond donors (Lipinski definition) is 0. The average molecular weight is 423 g/mol. The summed E-state index contributed by atoms with van der Waals surface area (Å²) in [4.78, 5) is 22.1. The summed E-state index contributed by atoms with van der Waals surface area (Å²) in [5, 5.41) is 0. The van der Waals surface area contributed by atoms with Crippen molar-refractivity contribution >= 4 is 11.9 Å². The van der Waals surface area contributed by atoms with Crippen molar-refractivity contribution < 1.29 is 27.4 Å². The van der Waals surface area contributed by atoms with E-state index in [1.54, 1.807) is 0 Å². The normalized spacial score (nSPS) is 17.4. The Balaban J connectivity index is 1.53. The van der Waals surface area contributed by atoms with Crippen molar-refractivity contribution in [3.8, 4) is 0 Å². The molecule has 1 aliphatic rings. The molecule has 6 nitrogen and oxygen atoms in total. The van der Waals surface area contributed by atoms with E-state index in [4.69, 9.17) is 9.47 Å². The van der Waals surface area contributed by atoms with Crippen molar-refractivity contribution in [2.45, 2.75) is 38.1 Å². The topological polar surface area (TPSA) is 64.6 Å². The molecule has 1 aliphatic heterocycles. The summed E-state index contributed by atoms with van der Waals surface area (Å²) in [6, 6.07) is 9.14. The Morgan fingerprint density at radius 1 is 1.13 bits per heavy atom. The second kappa shape index (κ2) is 9.42. The van der Waals surface area contributed by atoms with Gasteiger partial charge in [-0.1, -0.05) is 30.3 Å². The lowest BCUT2D eigenvalue weighted by Gasteiger charge is -2.34. The van der Waals surface area contributed by atoms with Gasteiger partial charge in [0.15, 0.2) is 6.10 Å². The number of methoxy groups -OCH3 is 1. The zero-order valence-corrected chi connectivity index (χ0v) is 16.8. The first kappa shape index (κ1) is 22.0. The van der Waals surface area contributed by atoms with Gasteiger partial charge in [0.1, 0.15) is 6.10 Å². The lowest BCUT2D eigenvalue weighted by atomic mass is 9.92. The van der Waals surface area contributed by atoms with Crippen LogP contribution in [0.1, 0.15) is 37.0 Å². The van der Waals surface area contributed by atoms with Gasteiger partial charge < -0.3 is 14.4 Å². The Morgan fingerprint density at radius 3 is 2.27 bits per heavy atom. The molecule has 0 spiro atoms. The molecular formula is C21H24F3N3O3. The first-order valence-electron chi connectivity index (χ1n) is 9.72. The Bertz CT molecular complexity index is 823. The molecule has 0 radical (unpaired) electrons. The van der Waals surface area contributed by atoms with Gasteiger partial charge in [-0.25, -0.2) is 14.8 Å². The van der Waals surface area contributed by atoms with Crippen LogP contribution in [0.2, 0.25) is 0 Å². The molecule has 162 valence electrons. The lowest BCUT2D eigenvalue weighted by Crippen LogP contribution is -2.39. The summed E-state index contributed by atoms with van der Waals surface area (Å²) in [6.07, 6.45) is -2.53. The molecule has 0 saturated carbocycles. The number of ether oxygens (including phenoxy) is 2. The van der Waals surface area contributed by atoms with Crippen LogP contribution in [0, 0.1) is 5.92 Å². The van der Waals surface area contributed by atoms with Crippen molar-refractivity contribution in [1.29, 1.82) is 0 Å². The quantitative estimate of drug-likeness (QED) is 0.654. The van der Waals surface area contributed by atoms with E-state index in [1.165, 1.54) is 7.11 Å². The van der Waals surface area contributed by atoms with Gasteiger partial charge in [0.25, 0.3) is 0 Å². The van der Waals surface area contributed by atoms with Crippen LogP contribution in [-0.4, -0.2) is 42.2 Å². The summed E-state index contributed by atoms with van der Waals surface area (Å²) in [7, 11) is 1.46. The summed E-state index contributed by atoms with van der Waals surface area (Å²) >= 11 is 0. The standard InChI is InChI=1S/C21H24F3N3O3/c1-14(30-19(28)18(29-2)16-6-4-3-5-7-16)15-8-10-27(11-9-15)20-25-12-17(13-26-20)21(22,23)24/h3-7,12-15,18H,8-11H2,1-2H3. The number of halogens is 3. The zero-order chi connectivity index (χ0) is 21.7. The van der Waals surface area contributed by atoms with Crippen LogP contribution in [-0.2, 0) is 20.4 Å². The first-order valence-corrected chi connectivity index (χ1v) is 9.72. The molecule has 0 aliphatic carbocycles. The van der Waals surface area contributed by atoms with Crippen LogP contribution in [0.15, 0.2) is 42.7 Å². The molecule has 0 amide bonds. The SMILES string of the molecule is COC(C(=O)OC(C)C1CCN(c2ncc(C(F)(F)F)cn2)CC1)c1ccccc1. The molecule has 1 saturated heterocycles. The Morgan fingerprint density at radius 2 is 1.73 bits per heavy atom. The summed E-state index contributed by atoms with van der Waals surface area (Å²) in [5.74, 6) is -0.0350. The van der Waals surface area contributed by atoms with Gasteiger partial charge in [-0.15, -0.1) is 0 Å². The van der Waals surface area contributed by atoms with Gasteiger partial charge >= 0.3 is 12.1 Å². The van der Waals surface area contributed by atoms with Crippen molar-refractivity contribution in [1.82, 2.24) is 9.97 Å². The minimum absolute atomic E-state index is 0.132. The first-order chi connectivity index (χ1) is 14.3. The van der Waals surface area contributed by atoms with Crippen molar-refractivity contribution in [3.05, 3.63) is 53.9 Å². The fourth-order valence-corrected chi connectivity index (χ4v) is 3.54. The number of benzene rings is 1. The van der Waals surface area contributed by atoms with Crippen molar-refractivity contribution in [2.24, 2.45) is 5.92 Å². The molecule has 2 unspecified atom stereocenters. The van der Waals surface area contributed by atoms with Crippen molar-refractivity contribution in [2.75, 3.05) is 25.1 Å². The monoisotopic (exact) mass is 423 g/mol. The smallest absolute Gasteiger partial charge is 0.419 e. The fourth-order valence-electron chi connectivity index (χ4n) is 3.54. The largest absolute Gasteiger partial charge is 0.460 e.